The second kappa shape index (κ2) is 9.65. The summed E-state index contributed by atoms with van der Waals surface area (Å²) in [6.07, 6.45) is 3.38. The molecule has 26 heavy (non-hydrogen) atoms. The van der Waals surface area contributed by atoms with Gasteiger partial charge in [-0.15, -0.1) is 0 Å². The molecule has 1 aromatic carbocycles. The molecule has 4 N–H and O–H groups in total. The van der Waals surface area contributed by atoms with Gasteiger partial charge in [0.15, 0.2) is 0 Å². The van der Waals surface area contributed by atoms with E-state index in [9.17, 15) is 9.59 Å². The van der Waals surface area contributed by atoms with Crippen molar-refractivity contribution in [2.24, 2.45) is 5.73 Å². The number of aromatic nitrogens is 1. The predicted octanol–water partition coefficient (Wildman–Crippen LogP) is 1.87. The van der Waals surface area contributed by atoms with Crippen LogP contribution in [0, 0.1) is 0 Å². The highest BCUT2D eigenvalue weighted by Gasteiger charge is 2.14. The Morgan fingerprint density at radius 3 is 2.42 bits per heavy atom. The van der Waals surface area contributed by atoms with E-state index in [1.54, 1.807) is 55.9 Å². The minimum absolute atomic E-state index is 0.0704. The maximum absolute atomic E-state index is 12.2. The van der Waals surface area contributed by atoms with Crippen LogP contribution >= 0.6 is 0 Å². The molecule has 0 saturated carbocycles. The number of rotatable bonds is 8. The monoisotopic (exact) mass is 356 g/mol. The summed E-state index contributed by atoms with van der Waals surface area (Å²) in [6, 6.07) is 9.82. The molecule has 2 amide bonds. The van der Waals surface area contributed by atoms with Gasteiger partial charge in [0.25, 0.3) is 5.91 Å². The summed E-state index contributed by atoms with van der Waals surface area (Å²) in [6.45, 7) is 2.31. The standard InChI is InChI=1S/C19H24N4O3/c1-13(12-26-2)22-18(24)11-17(20)14-3-5-15(6-4-14)19(25)23-16-7-9-21-10-8-16/h3-10,13,17H,11-12,20H2,1-2H3,(H,22,24)(H,21,23,25). The minimum atomic E-state index is -0.443. The number of pyridine rings is 1. The topological polar surface area (TPSA) is 106 Å². The number of hydrogen-bond acceptors (Lipinski definition) is 5. The summed E-state index contributed by atoms with van der Waals surface area (Å²) >= 11 is 0. The third kappa shape index (κ3) is 5.94. The number of anilines is 1. The van der Waals surface area contributed by atoms with Crippen LogP contribution in [0.5, 0.6) is 0 Å². The van der Waals surface area contributed by atoms with E-state index in [2.05, 4.69) is 15.6 Å². The van der Waals surface area contributed by atoms with Crippen molar-refractivity contribution in [3.8, 4) is 0 Å². The van der Waals surface area contributed by atoms with Crippen molar-refractivity contribution in [2.45, 2.75) is 25.4 Å². The zero-order valence-corrected chi connectivity index (χ0v) is 14.9. The fourth-order valence-electron chi connectivity index (χ4n) is 2.46. The maximum Gasteiger partial charge on any atom is 0.255 e. The number of carbonyl (C=O) groups is 2. The van der Waals surface area contributed by atoms with E-state index in [1.165, 1.54) is 0 Å². The highest BCUT2D eigenvalue weighted by molar-refractivity contribution is 6.04. The van der Waals surface area contributed by atoms with Crippen LogP contribution in [0.4, 0.5) is 5.69 Å². The Kier molecular flexibility index (Phi) is 7.25. The van der Waals surface area contributed by atoms with Gasteiger partial charge in [-0.25, -0.2) is 0 Å². The van der Waals surface area contributed by atoms with Gasteiger partial charge in [0.1, 0.15) is 0 Å². The first kappa shape index (κ1) is 19.6. The molecule has 1 aromatic heterocycles. The first-order valence-electron chi connectivity index (χ1n) is 8.35. The van der Waals surface area contributed by atoms with E-state index in [0.29, 0.717) is 17.9 Å². The van der Waals surface area contributed by atoms with Crippen molar-refractivity contribution in [1.82, 2.24) is 10.3 Å². The largest absolute Gasteiger partial charge is 0.383 e. The van der Waals surface area contributed by atoms with Gasteiger partial charge in [-0.2, -0.15) is 0 Å². The molecule has 2 rings (SSSR count). The highest BCUT2D eigenvalue weighted by Crippen LogP contribution is 2.16. The molecule has 7 nitrogen and oxygen atoms in total. The van der Waals surface area contributed by atoms with Gasteiger partial charge in [0.05, 0.1) is 6.61 Å². The number of benzene rings is 1. The van der Waals surface area contributed by atoms with Crippen LogP contribution in [0.3, 0.4) is 0 Å². The van der Waals surface area contributed by atoms with Crippen LogP contribution < -0.4 is 16.4 Å². The van der Waals surface area contributed by atoms with Gasteiger partial charge in [-0.05, 0) is 36.8 Å². The van der Waals surface area contributed by atoms with Crippen LogP contribution in [0.15, 0.2) is 48.8 Å². The molecule has 2 atom stereocenters. The number of carbonyl (C=O) groups excluding carboxylic acids is 2. The summed E-state index contributed by atoms with van der Waals surface area (Å²) in [5.41, 5.74) is 8.07. The SMILES string of the molecule is COCC(C)NC(=O)CC(N)c1ccc(C(=O)Nc2ccncc2)cc1. The Morgan fingerprint density at radius 2 is 1.81 bits per heavy atom. The number of nitrogens with two attached hydrogens (primary N) is 1. The van der Waals surface area contributed by atoms with Crippen LogP contribution in [0.25, 0.3) is 0 Å². The maximum atomic E-state index is 12.2. The molecule has 0 aliphatic rings. The molecular weight excluding hydrogens is 332 g/mol. The molecule has 0 radical (unpaired) electrons. The average Bonchev–Trinajstić information content (AvgIpc) is 2.62. The normalized spacial score (nSPS) is 12.9. The Hall–Kier alpha value is -2.77. The zero-order chi connectivity index (χ0) is 18.9. The third-order valence-corrected chi connectivity index (χ3v) is 3.77. The first-order valence-corrected chi connectivity index (χ1v) is 8.35. The fraction of sp³-hybridized carbons (Fsp3) is 0.316. The van der Waals surface area contributed by atoms with E-state index < -0.39 is 6.04 Å². The van der Waals surface area contributed by atoms with Crippen molar-refractivity contribution < 1.29 is 14.3 Å². The molecule has 2 aromatic rings. The summed E-state index contributed by atoms with van der Waals surface area (Å²) in [7, 11) is 1.58. The fourth-order valence-corrected chi connectivity index (χ4v) is 2.46. The lowest BCUT2D eigenvalue weighted by Crippen LogP contribution is -2.37. The lowest BCUT2D eigenvalue weighted by Gasteiger charge is -2.16. The Bertz CT molecular complexity index is 719. The van der Waals surface area contributed by atoms with Gasteiger partial charge < -0.3 is 21.1 Å². The van der Waals surface area contributed by atoms with E-state index in [-0.39, 0.29) is 24.3 Å². The van der Waals surface area contributed by atoms with Crippen molar-refractivity contribution in [3.63, 3.8) is 0 Å². The Morgan fingerprint density at radius 1 is 1.15 bits per heavy atom. The molecule has 1 heterocycles. The van der Waals surface area contributed by atoms with E-state index in [1.807, 2.05) is 6.92 Å². The smallest absolute Gasteiger partial charge is 0.255 e. The molecule has 0 saturated heterocycles. The minimum Gasteiger partial charge on any atom is -0.383 e. The Labute approximate surface area is 153 Å². The molecule has 0 bridgehead atoms. The summed E-state index contributed by atoms with van der Waals surface area (Å²) < 4.78 is 4.98. The van der Waals surface area contributed by atoms with Gasteiger partial charge in [-0.1, -0.05) is 12.1 Å². The zero-order valence-electron chi connectivity index (χ0n) is 14.9. The number of ether oxygens (including phenoxy) is 1. The summed E-state index contributed by atoms with van der Waals surface area (Å²) in [5, 5.41) is 5.61. The van der Waals surface area contributed by atoms with Gasteiger partial charge in [0, 0.05) is 49.3 Å². The molecule has 0 aliphatic carbocycles. The lowest BCUT2D eigenvalue weighted by atomic mass is 10.0. The molecule has 138 valence electrons. The number of nitrogens with one attached hydrogen (secondary N) is 2. The predicted molar refractivity (Wildman–Crippen MR) is 99.7 cm³/mol. The lowest BCUT2D eigenvalue weighted by molar-refractivity contribution is -0.122. The molecule has 2 unspecified atom stereocenters. The van der Waals surface area contributed by atoms with Gasteiger partial charge in [-0.3, -0.25) is 14.6 Å². The summed E-state index contributed by atoms with van der Waals surface area (Å²) in [4.78, 5) is 28.1. The van der Waals surface area contributed by atoms with Crippen molar-refractivity contribution in [3.05, 3.63) is 59.9 Å². The van der Waals surface area contributed by atoms with Crippen LogP contribution in [0.2, 0.25) is 0 Å². The van der Waals surface area contributed by atoms with E-state index >= 15 is 0 Å². The van der Waals surface area contributed by atoms with Crippen LogP contribution in [-0.2, 0) is 9.53 Å². The third-order valence-electron chi connectivity index (χ3n) is 3.77. The first-order chi connectivity index (χ1) is 12.5. The number of nitrogens with zero attached hydrogens (tertiary/aromatic N) is 1. The highest BCUT2D eigenvalue weighted by atomic mass is 16.5. The number of hydrogen-bond donors (Lipinski definition) is 3. The van der Waals surface area contributed by atoms with E-state index in [4.69, 9.17) is 10.5 Å². The molecule has 0 aliphatic heterocycles. The second-order valence-corrected chi connectivity index (χ2v) is 6.05. The van der Waals surface area contributed by atoms with Crippen LogP contribution in [-0.4, -0.2) is 36.6 Å². The molecule has 7 heteroatoms. The Balaban J connectivity index is 1.91. The van der Waals surface area contributed by atoms with Gasteiger partial charge >= 0.3 is 0 Å². The molecule has 0 spiro atoms. The van der Waals surface area contributed by atoms with E-state index in [0.717, 1.165) is 5.56 Å². The van der Waals surface area contributed by atoms with Crippen molar-refractivity contribution >= 4 is 17.5 Å². The van der Waals surface area contributed by atoms with Crippen molar-refractivity contribution in [2.75, 3.05) is 19.0 Å². The molecule has 0 fully saturated rings. The summed E-state index contributed by atoms with van der Waals surface area (Å²) in [5.74, 6) is -0.357. The van der Waals surface area contributed by atoms with Gasteiger partial charge in [0.2, 0.25) is 5.91 Å². The van der Waals surface area contributed by atoms with Crippen LogP contribution in [0.1, 0.15) is 35.3 Å². The number of amides is 2. The second-order valence-electron chi connectivity index (χ2n) is 6.05. The molecular formula is C19H24N4O3. The van der Waals surface area contributed by atoms with Crippen molar-refractivity contribution in [1.29, 1.82) is 0 Å². The quantitative estimate of drug-likeness (QED) is 0.669. The number of methoxy groups -OCH3 is 1. The average molecular weight is 356 g/mol.